The van der Waals surface area contributed by atoms with Crippen LogP contribution in [0.4, 0.5) is 26.3 Å². The van der Waals surface area contributed by atoms with Crippen molar-refractivity contribution in [1.82, 2.24) is 0 Å². The van der Waals surface area contributed by atoms with E-state index < -0.39 is 23.8 Å². The minimum absolute atomic E-state index is 0.165. The van der Waals surface area contributed by atoms with E-state index in [1.54, 1.807) is 0 Å². The van der Waals surface area contributed by atoms with Crippen LogP contribution < -0.4 is 9.47 Å². The van der Waals surface area contributed by atoms with Gasteiger partial charge in [-0.2, -0.15) is 26.3 Å². The maximum absolute atomic E-state index is 13.2. The van der Waals surface area contributed by atoms with Gasteiger partial charge in [0.2, 0.25) is 0 Å². The molecule has 186 valence electrons. The Morgan fingerprint density at radius 2 is 1.32 bits per heavy atom. The van der Waals surface area contributed by atoms with Crippen molar-refractivity contribution < 1.29 is 40.1 Å². The number of ether oxygens (including phenoxy) is 2. The van der Waals surface area contributed by atoms with E-state index >= 15 is 0 Å². The van der Waals surface area contributed by atoms with Crippen molar-refractivity contribution in [2.45, 2.75) is 32.1 Å². The summed E-state index contributed by atoms with van der Waals surface area (Å²) in [6, 6.07) is 10.2. The number of hydrogen-bond donors (Lipinski definition) is 1. The molecule has 0 aliphatic heterocycles. The van der Waals surface area contributed by atoms with Crippen LogP contribution >= 0.6 is 12.0 Å². The van der Waals surface area contributed by atoms with Gasteiger partial charge < -0.3 is 13.8 Å². The predicted octanol–water partition coefficient (Wildman–Crippen LogP) is 6.81. The molecule has 0 aromatic heterocycles. The molecule has 1 N–H and O–H groups in total. The standard InChI is InChI=1S/C22H22F6N2O3S/c1-2-14-34-33-30-20(22(26,27)28)16-6-10-18(11-7-16)32-13-3-12-31-17-8-4-15(5-9-17)19(29)21(23,24)25/h4-11,29H,2-3,12-14H2,1H3. The Morgan fingerprint density at radius 1 is 0.824 bits per heavy atom. The first-order valence-corrected chi connectivity index (χ1v) is 11.0. The van der Waals surface area contributed by atoms with Gasteiger partial charge in [0.25, 0.3) is 0 Å². The fourth-order valence-corrected chi connectivity index (χ4v) is 2.85. The Hall–Kier alpha value is -2.89. The quantitative estimate of drug-likeness (QED) is 0.113. The first-order chi connectivity index (χ1) is 16.0. The van der Waals surface area contributed by atoms with Crippen LogP contribution in [0.2, 0.25) is 0 Å². The van der Waals surface area contributed by atoms with Crippen LogP contribution in [0.1, 0.15) is 30.9 Å². The highest BCUT2D eigenvalue weighted by atomic mass is 32.2. The Labute approximate surface area is 196 Å². The summed E-state index contributed by atoms with van der Waals surface area (Å²) in [5.74, 6) is 1.20. The molecule has 12 heteroatoms. The Balaban J connectivity index is 1.81. The van der Waals surface area contributed by atoms with Crippen LogP contribution in [-0.2, 0) is 4.28 Å². The summed E-state index contributed by atoms with van der Waals surface area (Å²) in [6.07, 6.45) is -8.25. The first kappa shape index (κ1) is 27.4. The largest absolute Gasteiger partial charge is 0.493 e. The molecule has 0 aliphatic rings. The molecule has 0 spiro atoms. The van der Waals surface area contributed by atoms with E-state index in [9.17, 15) is 26.3 Å². The summed E-state index contributed by atoms with van der Waals surface area (Å²) in [4.78, 5) is 0. The molecular formula is C22H22F6N2O3S. The fourth-order valence-electron chi connectivity index (χ4n) is 2.48. The van der Waals surface area contributed by atoms with E-state index in [4.69, 9.17) is 14.9 Å². The highest BCUT2D eigenvalue weighted by Crippen LogP contribution is 2.26. The second kappa shape index (κ2) is 12.5. The Bertz CT molecular complexity index is 945. The molecule has 0 radical (unpaired) electrons. The number of halogens is 6. The minimum atomic E-state index is -4.72. The Morgan fingerprint density at radius 3 is 1.76 bits per heavy atom. The average molecular weight is 508 g/mol. The van der Waals surface area contributed by atoms with Crippen molar-refractivity contribution >= 4 is 23.5 Å². The molecule has 0 bridgehead atoms. The van der Waals surface area contributed by atoms with E-state index in [1.807, 2.05) is 6.92 Å². The summed E-state index contributed by atoms with van der Waals surface area (Å²) in [6.45, 7) is 2.26. The van der Waals surface area contributed by atoms with E-state index in [-0.39, 0.29) is 24.3 Å². The lowest BCUT2D eigenvalue weighted by Gasteiger charge is -2.12. The third-order valence-electron chi connectivity index (χ3n) is 4.12. The maximum Gasteiger partial charge on any atom is 0.437 e. The first-order valence-electron chi connectivity index (χ1n) is 10.1. The van der Waals surface area contributed by atoms with Crippen molar-refractivity contribution in [2.75, 3.05) is 19.0 Å². The molecule has 0 atom stereocenters. The van der Waals surface area contributed by atoms with E-state index in [1.165, 1.54) is 36.4 Å². The molecule has 0 fully saturated rings. The second-order valence-corrected chi connectivity index (χ2v) is 7.60. The van der Waals surface area contributed by atoms with Gasteiger partial charge in [-0.3, -0.25) is 5.41 Å². The second-order valence-electron chi connectivity index (χ2n) is 6.81. The molecular weight excluding hydrogens is 486 g/mol. The minimum Gasteiger partial charge on any atom is -0.493 e. The van der Waals surface area contributed by atoms with Gasteiger partial charge in [-0.15, -0.1) is 0 Å². The topological polar surface area (TPSA) is 63.9 Å². The molecule has 0 amide bonds. The van der Waals surface area contributed by atoms with Crippen LogP contribution in [0.15, 0.2) is 53.7 Å². The highest BCUT2D eigenvalue weighted by molar-refractivity contribution is 7.94. The third-order valence-corrected chi connectivity index (χ3v) is 4.87. The summed E-state index contributed by atoms with van der Waals surface area (Å²) >= 11 is 0.834. The van der Waals surface area contributed by atoms with Gasteiger partial charge in [-0.05, 0) is 55.0 Å². The van der Waals surface area contributed by atoms with Gasteiger partial charge in [0.15, 0.2) is 5.71 Å². The predicted molar refractivity (Wildman–Crippen MR) is 118 cm³/mol. The SMILES string of the molecule is CCCSON=C(c1ccc(OCCCOc2ccc(C(=N)C(F)(F)F)cc2)cc1)C(F)(F)F. The zero-order valence-electron chi connectivity index (χ0n) is 18.0. The van der Waals surface area contributed by atoms with Crippen LogP contribution in [-0.4, -0.2) is 42.7 Å². The number of alkyl halides is 6. The third kappa shape index (κ3) is 8.81. The summed E-state index contributed by atoms with van der Waals surface area (Å²) in [7, 11) is 0. The van der Waals surface area contributed by atoms with Crippen molar-refractivity contribution in [2.24, 2.45) is 5.16 Å². The number of benzene rings is 2. The number of hydrogen-bond acceptors (Lipinski definition) is 6. The summed E-state index contributed by atoms with van der Waals surface area (Å²) < 4.78 is 92.8. The number of nitrogens with one attached hydrogen (secondary N) is 1. The highest BCUT2D eigenvalue weighted by Gasteiger charge is 2.38. The lowest BCUT2D eigenvalue weighted by molar-refractivity contribution is -0.0601. The van der Waals surface area contributed by atoms with E-state index in [0.29, 0.717) is 23.7 Å². The average Bonchev–Trinajstić information content (AvgIpc) is 2.78. The Kier molecular flexibility index (Phi) is 10.1. The molecule has 2 aromatic rings. The molecule has 0 saturated heterocycles. The molecule has 2 rings (SSSR count). The van der Waals surface area contributed by atoms with E-state index in [0.717, 1.165) is 30.6 Å². The fraction of sp³-hybridized carbons (Fsp3) is 0.364. The van der Waals surface area contributed by atoms with Crippen LogP contribution in [0.25, 0.3) is 0 Å². The number of nitrogens with zero attached hydrogens (tertiary/aromatic N) is 1. The van der Waals surface area contributed by atoms with Gasteiger partial charge >= 0.3 is 12.4 Å². The van der Waals surface area contributed by atoms with Gasteiger partial charge in [0.1, 0.15) is 17.2 Å². The van der Waals surface area contributed by atoms with Gasteiger partial charge in [-0.1, -0.05) is 12.1 Å². The number of oxime groups is 1. The van der Waals surface area contributed by atoms with Gasteiger partial charge in [-0.25, -0.2) is 0 Å². The number of rotatable bonds is 12. The van der Waals surface area contributed by atoms with E-state index in [2.05, 4.69) is 9.44 Å². The van der Waals surface area contributed by atoms with Gasteiger partial charge in [0.05, 0.1) is 25.3 Å². The lowest BCUT2D eigenvalue weighted by atomic mass is 10.1. The normalized spacial score (nSPS) is 12.4. The van der Waals surface area contributed by atoms with Crippen LogP contribution in [0.5, 0.6) is 11.5 Å². The molecule has 34 heavy (non-hydrogen) atoms. The van der Waals surface area contributed by atoms with Crippen molar-refractivity contribution in [3.05, 3.63) is 59.7 Å². The smallest absolute Gasteiger partial charge is 0.437 e. The molecule has 5 nitrogen and oxygen atoms in total. The van der Waals surface area contributed by atoms with Crippen molar-refractivity contribution in [1.29, 1.82) is 5.41 Å². The maximum atomic E-state index is 13.2. The summed E-state index contributed by atoms with van der Waals surface area (Å²) in [5.41, 5.74) is -3.01. The zero-order valence-corrected chi connectivity index (χ0v) is 18.8. The molecule has 0 unspecified atom stereocenters. The monoisotopic (exact) mass is 508 g/mol. The summed E-state index contributed by atoms with van der Waals surface area (Å²) in [5, 5.41) is 10.3. The van der Waals surface area contributed by atoms with Crippen molar-refractivity contribution in [3.8, 4) is 11.5 Å². The zero-order chi connectivity index (χ0) is 25.2. The van der Waals surface area contributed by atoms with Crippen molar-refractivity contribution in [3.63, 3.8) is 0 Å². The van der Waals surface area contributed by atoms with Gasteiger partial charge in [0, 0.05) is 23.3 Å². The molecule has 2 aromatic carbocycles. The molecule has 0 heterocycles. The molecule has 0 saturated carbocycles. The lowest BCUT2D eigenvalue weighted by Crippen LogP contribution is -2.24. The van der Waals surface area contributed by atoms with Crippen LogP contribution in [0.3, 0.4) is 0 Å². The van der Waals surface area contributed by atoms with Crippen LogP contribution in [0, 0.1) is 5.41 Å². The molecule has 0 aliphatic carbocycles.